The molecule has 0 radical (unpaired) electrons. The quantitative estimate of drug-likeness (QED) is 0.737. The summed E-state index contributed by atoms with van der Waals surface area (Å²) in [5, 5.41) is 0. The summed E-state index contributed by atoms with van der Waals surface area (Å²) in [5.41, 5.74) is 2.47. The first-order chi connectivity index (χ1) is 10.1. The van der Waals surface area contributed by atoms with Gasteiger partial charge in [0.25, 0.3) is 5.91 Å². The largest absolute Gasteiger partial charge is 0.317 e. The third kappa shape index (κ3) is 2.36. The molecule has 0 unspecified atom stereocenters. The highest BCUT2D eigenvalue weighted by atomic mass is 32.1. The lowest BCUT2D eigenvalue weighted by Crippen LogP contribution is -2.45. The molecular formula is C18H17NOS. The van der Waals surface area contributed by atoms with E-state index in [1.54, 1.807) is 11.3 Å². The lowest BCUT2D eigenvalue weighted by atomic mass is 9.91. The van der Waals surface area contributed by atoms with E-state index in [2.05, 4.69) is 38.0 Å². The zero-order valence-electron chi connectivity index (χ0n) is 12.2. The zero-order chi connectivity index (χ0) is 15.0. The number of thiophene rings is 1. The molecule has 0 saturated heterocycles. The van der Waals surface area contributed by atoms with Crippen molar-refractivity contribution in [3.8, 4) is 12.3 Å². The van der Waals surface area contributed by atoms with Crippen molar-refractivity contribution >= 4 is 17.2 Å². The van der Waals surface area contributed by atoms with Crippen LogP contribution in [0.4, 0.5) is 0 Å². The van der Waals surface area contributed by atoms with E-state index in [4.69, 9.17) is 6.42 Å². The van der Waals surface area contributed by atoms with Crippen LogP contribution in [0.15, 0.2) is 36.4 Å². The maximum Gasteiger partial charge on any atom is 0.299 e. The average molecular weight is 295 g/mol. The summed E-state index contributed by atoms with van der Waals surface area (Å²) in [7, 11) is 0. The van der Waals surface area contributed by atoms with Crippen molar-refractivity contribution in [2.45, 2.75) is 32.4 Å². The SMILES string of the molecule is C#CC(=O)N1[C@@H](c2ccccc2)c2sc(C)cc2C[C@@H]1C. The Morgan fingerprint density at radius 1 is 1.38 bits per heavy atom. The molecule has 1 amide bonds. The monoisotopic (exact) mass is 295 g/mol. The van der Waals surface area contributed by atoms with Gasteiger partial charge in [0.05, 0.1) is 6.04 Å². The molecule has 1 aromatic heterocycles. The fourth-order valence-corrected chi connectivity index (χ4v) is 4.30. The molecule has 3 heteroatoms. The van der Waals surface area contributed by atoms with Crippen LogP contribution in [-0.2, 0) is 11.2 Å². The van der Waals surface area contributed by atoms with Gasteiger partial charge in [-0.2, -0.15) is 0 Å². The normalized spacial score (nSPS) is 20.7. The average Bonchev–Trinajstić information content (AvgIpc) is 2.85. The number of hydrogen-bond acceptors (Lipinski definition) is 2. The standard InChI is InChI=1S/C18H17NOS/c1-4-16(20)19-12(2)10-15-11-13(3)21-18(15)17(19)14-8-6-5-7-9-14/h1,5-9,11-12,17H,10H2,2-3H3/t12-,17-/m0/s1. The second kappa shape index (κ2) is 5.38. The van der Waals surface area contributed by atoms with Gasteiger partial charge >= 0.3 is 0 Å². The minimum absolute atomic E-state index is 0.0628. The highest BCUT2D eigenvalue weighted by Gasteiger charge is 2.37. The Kier molecular flexibility index (Phi) is 3.57. The lowest BCUT2D eigenvalue weighted by molar-refractivity contribution is -0.129. The molecule has 21 heavy (non-hydrogen) atoms. The number of rotatable bonds is 1. The van der Waals surface area contributed by atoms with Crippen molar-refractivity contribution in [1.29, 1.82) is 0 Å². The Labute approximate surface area is 129 Å². The number of aryl methyl sites for hydroxylation is 1. The zero-order valence-corrected chi connectivity index (χ0v) is 13.0. The highest BCUT2D eigenvalue weighted by Crippen LogP contribution is 2.42. The van der Waals surface area contributed by atoms with Crippen molar-refractivity contribution in [3.05, 3.63) is 57.3 Å². The number of terminal acetylenes is 1. The Bertz CT molecular complexity index is 711. The van der Waals surface area contributed by atoms with Crippen molar-refractivity contribution in [2.24, 2.45) is 0 Å². The van der Waals surface area contributed by atoms with E-state index in [-0.39, 0.29) is 18.0 Å². The molecule has 0 bridgehead atoms. The smallest absolute Gasteiger partial charge is 0.299 e. The first-order valence-electron chi connectivity index (χ1n) is 7.05. The number of carbonyl (C=O) groups excluding carboxylic acids is 1. The predicted molar refractivity (Wildman–Crippen MR) is 86.2 cm³/mol. The molecule has 1 aromatic carbocycles. The number of benzene rings is 1. The molecule has 0 spiro atoms. The third-order valence-corrected chi connectivity index (χ3v) is 5.10. The number of amides is 1. The Hall–Kier alpha value is -2.05. The second-order valence-corrected chi connectivity index (χ2v) is 6.76. The molecule has 1 aliphatic heterocycles. The summed E-state index contributed by atoms with van der Waals surface area (Å²) in [6.07, 6.45) is 6.26. The van der Waals surface area contributed by atoms with E-state index < -0.39 is 0 Å². The molecule has 0 N–H and O–H groups in total. The maximum absolute atomic E-state index is 12.3. The highest BCUT2D eigenvalue weighted by molar-refractivity contribution is 7.12. The third-order valence-electron chi connectivity index (χ3n) is 3.95. The number of fused-ring (bicyclic) bond motifs is 1. The Morgan fingerprint density at radius 2 is 2.10 bits per heavy atom. The van der Waals surface area contributed by atoms with Crippen LogP contribution < -0.4 is 0 Å². The molecule has 0 saturated carbocycles. The van der Waals surface area contributed by atoms with Crippen molar-refractivity contribution in [1.82, 2.24) is 4.90 Å². The van der Waals surface area contributed by atoms with Gasteiger partial charge in [0.1, 0.15) is 0 Å². The van der Waals surface area contributed by atoms with E-state index in [0.717, 1.165) is 12.0 Å². The molecule has 106 valence electrons. The van der Waals surface area contributed by atoms with Gasteiger partial charge in [0, 0.05) is 15.8 Å². The number of nitrogens with zero attached hydrogens (tertiary/aromatic N) is 1. The number of carbonyl (C=O) groups is 1. The van der Waals surface area contributed by atoms with Crippen molar-refractivity contribution in [3.63, 3.8) is 0 Å². The Balaban J connectivity index is 2.17. The molecule has 2 nitrogen and oxygen atoms in total. The molecule has 1 aliphatic rings. The predicted octanol–water partition coefficient (Wildman–Crippen LogP) is 3.55. The van der Waals surface area contributed by atoms with E-state index in [1.165, 1.54) is 15.3 Å². The Morgan fingerprint density at radius 3 is 2.76 bits per heavy atom. The maximum atomic E-state index is 12.3. The van der Waals surface area contributed by atoms with Gasteiger partial charge in [0.2, 0.25) is 0 Å². The number of hydrogen-bond donors (Lipinski definition) is 0. The molecule has 0 aliphatic carbocycles. The van der Waals surface area contributed by atoms with Gasteiger partial charge < -0.3 is 4.90 Å². The summed E-state index contributed by atoms with van der Waals surface area (Å²) in [6.45, 7) is 4.18. The van der Waals surface area contributed by atoms with Crippen LogP contribution in [-0.4, -0.2) is 16.8 Å². The van der Waals surface area contributed by atoms with Crippen molar-refractivity contribution in [2.75, 3.05) is 0 Å². The van der Waals surface area contributed by atoms with Gasteiger partial charge in [-0.1, -0.05) is 30.3 Å². The van der Waals surface area contributed by atoms with Crippen LogP contribution in [0.2, 0.25) is 0 Å². The first kappa shape index (κ1) is 13.9. The fourth-order valence-electron chi connectivity index (χ4n) is 3.11. The van der Waals surface area contributed by atoms with Crippen LogP contribution in [0, 0.1) is 19.3 Å². The molecule has 0 fully saturated rings. The van der Waals surface area contributed by atoms with Crippen LogP contribution in [0.1, 0.15) is 33.8 Å². The molecule has 3 rings (SSSR count). The molecule has 2 aromatic rings. The minimum Gasteiger partial charge on any atom is -0.317 e. The van der Waals surface area contributed by atoms with E-state index in [0.29, 0.717) is 0 Å². The summed E-state index contributed by atoms with van der Waals surface area (Å²) >= 11 is 1.76. The van der Waals surface area contributed by atoms with E-state index >= 15 is 0 Å². The van der Waals surface area contributed by atoms with Gasteiger partial charge in [-0.05, 0) is 43.4 Å². The van der Waals surface area contributed by atoms with E-state index in [9.17, 15) is 4.79 Å². The summed E-state index contributed by atoms with van der Waals surface area (Å²) in [6, 6.07) is 12.4. The molecule has 2 atom stereocenters. The summed E-state index contributed by atoms with van der Waals surface area (Å²) < 4.78 is 0. The molecule has 2 heterocycles. The topological polar surface area (TPSA) is 20.3 Å². The van der Waals surface area contributed by atoms with Crippen LogP contribution in [0.5, 0.6) is 0 Å². The first-order valence-corrected chi connectivity index (χ1v) is 7.86. The van der Waals surface area contributed by atoms with E-state index in [1.807, 2.05) is 23.1 Å². The van der Waals surface area contributed by atoms with Crippen LogP contribution in [0.25, 0.3) is 0 Å². The lowest BCUT2D eigenvalue weighted by Gasteiger charge is -2.39. The summed E-state index contributed by atoms with van der Waals surface area (Å²) in [5.74, 6) is 2.07. The van der Waals surface area contributed by atoms with Crippen molar-refractivity contribution < 1.29 is 4.79 Å². The molecular weight excluding hydrogens is 278 g/mol. The van der Waals surface area contributed by atoms with Gasteiger partial charge in [0.15, 0.2) is 0 Å². The van der Waals surface area contributed by atoms with Gasteiger partial charge in [-0.25, -0.2) is 0 Å². The fraction of sp³-hybridized carbons (Fsp3) is 0.278. The second-order valence-electron chi connectivity index (χ2n) is 5.47. The van der Waals surface area contributed by atoms with Gasteiger partial charge in [-0.15, -0.1) is 17.8 Å². The van der Waals surface area contributed by atoms with Gasteiger partial charge in [-0.3, -0.25) is 4.79 Å². The van der Waals surface area contributed by atoms with Crippen LogP contribution >= 0.6 is 11.3 Å². The minimum atomic E-state index is -0.229. The van der Waals surface area contributed by atoms with Crippen LogP contribution in [0.3, 0.4) is 0 Å². The summed E-state index contributed by atoms with van der Waals surface area (Å²) in [4.78, 5) is 16.7.